The van der Waals surface area contributed by atoms with E-state index in [1.165, 1.54) is 0 Å². The highest BCUT2D eigenvalue weighted by Crippen LogP contribution is 2.43. The zero-order valence-electron chi connectivity index (χ0n) is 12.6. The van der Waals surface area contributed by atoms with Gasteiger partial charge < -0.3 is 10.1 Å². The molecule has 116 valence electrons. The molecule has 1 saturated carbocycles. The molecule has 0 saturated heterocycles. The molecule has 2 atom stereocenters. The molecular weight excluding hydrogens is 336 g/mol. The van der Waals surface area contributed by atoms with Crippen molar-refractivity contribution in [1.29, 1.82) is 0 Å². The van der Waals surface area contributed by atoms with Crippen LogP contribution in [-0.4, -0.2) is 23.7 Å². The molecule has 0 aliphatic heterocycles. The van der Waals surface area contributed by atoms with Gasteiger partial charge in [0.1, 0.15) is 0 Å². The average molecular weight is 357 g/mol. The Labute approximate surface area is 133 Å². The molecule has 6 heteroatoms. The summed E-state index contributed by atoms with van der Waals surface area (Å²) < 4.78 is 6.42. The van der Waals surface area contributed by atoms with Gasteiger partial charge in [0.2, 0.25) is 0 Å². The van der Waals surface area contributed by atoms with Gasteiger partial charge >= 0.3 is 0 Å². The molecular formula is C15H21BrN2O3. The summed E-state index contributed by atoms with van der Waals surface area (Å²) in [5.41, 5.74) is 0.911. The predicted molar refractivity (Wildman–Crippen MR) is 85.2 cm³/mol. The number of nitrogens with zero attached hydrogens (tertiary/aromatic N) is 1. The van der Waals surface area contributed by atoms with Gasteiger partial charge in [-0.3, -0.25) is 10.1 Å². The van der Waals surface area contributed by atoms with Crippen LogP contribution in [0.15, 0.2) is 22.7 Å². The van der Waals surface area contributed by atoms with Crippen LogP contribution in [-0.2, 0) is 11.3 Å². The summed E-state index contributed by atoms with van der Waals surface area (Å²) in [6, 6.07) is 5.49. The second-order valence-corrected chi connectivity index (χ2v) is 6.88. The number of rotatable bonds is 6. The number of hydrogen-bond donors (Lipinski definition) is 1. The van der Waals surface area contributed by atoms with Crippen LogP contribution in [0.2, 0.25) is 0 Å². The van der Waals surface area contributed by atoms with E-state index in [4.69, 9.17) is 4.74 Å². The summed E-state index contributed by atoms with van der Waals surface area (Å²) in [6.45, 7) is 7.56. The molecule has 0 heterocycles. The average Bonchev–Trinajstić information content (AvgIpc) is 2.43. The first-order valence-electron chi connectivity index (χ1n) is 7.14. The van der Waals surface area contributed by atoms with Gasteiger partial charge in [-0.1, -0.05) is 29.8 Å². The summed E-state index contributed by atoms with van der Waals surface area (Å²) in [7, 11) is 0. The summed E-state index contributed by atoms with van der Waals surface area (Å²) in [6.07, 6.45) is 1.21. The zero-order valence-corrected chi connectivity index (χ0v) is 14.1. The number of hydrogen-bond acceptors (Lipinski definition) is 4. The Morgan fingerprint density at radius 2 is 2.24 bits per heavy atom. The minimum absolute atomic E-state index is 0.0557. The SMILES string of the molecule is CCOC1CC(NCc2ccc(Br)cc2[N+](=O)[O-])C1(C)C. The molecule has 1 aliphatic rings. The van der Waals surface area contributed by atoms with Gasteiger partial charge in [-0.15, -0.1) is 0 Å². The van der Waals surface area contributed by atoms with E-state index in [9.17, 15) is 10.1 Å². The zero-order chi connectivity index (χ0) is 15.6. The van der Waals surface area contributed by atoms with E-state index in [2.05, 4.69) is 35.1 Å². The second kappa shape index (κ2) is 6.42. The lowest BCUT2D eigenvalue weighted by atomic mass is 9.64. The third-order valence-corrected chi connectivity index (χ3v) is 4.82. The first kappa shape index (κ1) is 16.4. The molecule has 1 aliphatic carbocycles. The number of nitrogens with one attached hydrogen (secondary N) is 1. The first-order valence-corrected chi connectivity index (χ1v) is 7.93. The van der Waals surface area contributed by atoms with Crippen molar-refractivity contribution in [2.75, 3.05) is 6.61 Å². The maximum absolute atomic E-state index is 11.1. The fourth-order valence-electron chi connectivity index (χ4n) is 2.81. The second-order valence-electron chi connectivity index (χ2n) is 5.96. The number of halogens is 1. The molecule has 1 aromatic rings. The summed E-state index contributed by atoms with van der Waals surface area (Å²) >= 11 is 3.27. The number of nitro benzene ring substituents is 1. The lowest BCUT2D eigenvalue weighted by Crippen LogP contribution is -2.60. The lowest BCUT2D eigenvalue weighted by molar-refractivity contribution is -0.385. The summed E-state index contributed by atoms with van der Waals surface area (Å²) in [5, 5.41) is 14.5. The Morgan fingerprint density at radius 1 is 1.52 bits per heavy atom. The molecule has 0 radical (unpaired) electrons. The molecule has 1 N–H and O–H groups in total. The van der Waals surface area contributed by atoms with E-state index in [0.29, 0.717) is 18.2 Å². The first-order chi connectivity index (χ1) is 9.86. The fraction of sp³-hybridized carbons (Fsp3) is 0.600. The number of nitro groups is 1. The smallest absolute Gasteiger partial charge is 0.275 e. The molecule has 5 nitrogen and oxygen atoms in total. The van der Waals surface area contributed by atoms with Gasteiger partial charge in [0, 0.05) is 40.7 Å². The van der Waals surface area contributed by atoms with Crippen molar-refractivity contribution in [2.24, 2.45) is 5.41 Å². The van der Waals surface area contributed by atoms with Crippen molar-refractivity contribution in [3.8, 4) is 0 Å². The Hall–Kier alpha value is -0.980. The van der Waals surface area contributed by atoms with Crippen LogP contribution in [0.3, 0.4) is 0 Å². The van der Waals surface area contributed by atoms with Crippen molar-refractivity contribution in [3.05, 3.63) is 38.3 Å². The van der Waals surface area contributed by atoms with Gasteiger partial charge in [-0.2, -0.15) is 0 Å². The third kappa shape index (κ3) is 3.44. The summed E-state index contributed by atoms with van der Waals surface area (Å²) in [5.74, 6) is 0. The number of benzene rings is 1. The quantitative estimate of drug-likeness (QED) is 0.624. The highest BCUT2D eigenvalue weighted by Gasteiger charge is 2.48. The van der Waals surface area contributed by atoms with Crippen molar-refractivity contribution in [2.45, 2.75) is 45.9 Å². The van der Waals surface area contributed by atoms with Crippen LogP contribution < -0.4 is 5.32 Å². The fourth-order valence-corrected chi connectivity index (χ4v) is 3.15. The molecule has 0 aromatic heterocycles. The van der Waals surface area contributed by atoms with Gasteiger partial charge in [0.15, 0.2) is 0 Å². The summed E-state index contributed by atoms with van der Waals surface area (Å²) in [4.78, 5) is 10.8. The van der Waals surface area contributed by atoms with Crippen LogP contribution in [0.4, 0.5) is 5.69 Å². The molecule has 0 amide bonds. The maximum atomic E-state index is 11.1. The minimum Gasteiger partial charge on any atom is -0.378 e. The molecule has 0 spiro atoms. The van der Waals surface area contributed by atoms with Crippen molar-refractivity contribution in [1.82, 2.24) is 5.32 Å². The van der Waals surface area contributed by atoms with E-state index in [0.717, 1.165) is 17.5 Å². The largest absolute Gasteiger partial charge is 0.378 e. The van der Waals surface area contributed by atoms with Gasteiger partial charge in [0.25, 0.3) is 5.69 Å². The van der Waals surface area contributed by atoms with Crippen molar-refractivity contribution in [3.63, 3.8) is 0 Å². The highest BCUT2D eigenvalue weighted by molar-refractivity contribution is 9.10. The normalized spacial score (nSPS) is 23.6. The minimum atomic E-state index is -0.337. The molecule has 0 bridgehead atoms. The maximum Gasteiger partial charge on any atom is 0.275 e. The highest BCUT2D eigenvalue weighted by atomic mass is 79.9. The van der Waals surface area contributed by atoms with Crippen LogP contribution in [0.25, 0.3) is 0 Å². The Bertz CT molecular complexity index is 534. The third-order valence-electron chi connectivity index (χ3n) is 4.33. The van der Waals surface area contributed by atoms with E-state index in [-0.39, 0.29) is 22.1 Å². The van der Waals surface area contributed by atoms with Crippen molar-refractivity contribution >= 4 is 21.6 Å². The van der Waals surface area contributed by atoms with E-state index in [1.54, 1.807) is 12.1 Å². The Morgan fingerprint density at radius 3 is 2.81 bits per heavy atom. The molecule has 2 unspecified atom stereocenters. The van der Waals surface area contributed by atoms with Gasteiger partial charge in [0.05, 0.1) is 11.0 Å². The monoisotopic (exact) mass is 356 g/mol. The van der Waals surface area contributed by atoms with E-state index < -0.39 is 0 Å². The molecule has 2 rings (SSSR count). The van der Waals surface area contributed by atoms with E-state index in [1.807, 2.05) is 13.0 Å². The Kier molecular flexibility index (Phi) is 5.01. The van der Waals surface area contributed by atoms with Gasteiger partial charge in [-0.25, -0.2) is 0 Å². The standard InChI is InChI=1S/C15H21BrN2O3/c1-4-21-14-8-13(15(14,2)3)17-9-10-5-6-11(16)7-12(10)18(19)20/h5-7,13-14,17H,4,8-9H2,1-3H3. The Balaban J connectivity index is 2.00. The van der Waals surface area contributed by atoms with E-state index >= 15 is 0 Å². The topological polar surface area (TPSA) is 64.4 Å². The molecule has 1 aromatic carbocycles. The molecule has 21 heavy (non-hydrogen) atoms. The number of ether oxygens (including phenoxy) is 1. The van der Waals surface area contributed by atoms with Crippen LogP contribution >= 0.6 is 15.9 Å². The lowest BCUT2D eigenvalue weighted by Gasteiger charge is -2.52. The van der Waals surface area contributed by atoms with Gasteiger partial charge in [-0.05, 0) is 25.5 Å². The molecule has 1 fully saturated rings. The van der Waals surface area contributed by atoms with Crippen LogP contribution in [0, 0.1) is 15.5 Å². The van der Waals surface area contributed by atoms with Crippen molar-refractivity contribution < 1.29 is 9.66 Å². The van der Waals surface area contributed by atoms with Crippen LogP contribution in [0.1, 0.15) is 32.8 Å². The predicted octanol–water partition coefficient (Wildman–Crippen LogP) is 3.65. The van der Waals surface area contributed by atoms with Crippen LogP contribution in [0.5, 0.6) is 0 Å².